The molecular formula is C20H18N4O3. The highest BCUT2D eigenvalue weighted by molar-refractivity contribution is 6.07. The first-order valence-electron chi connectivity index (χ1n) is 8.10. The number of imide groups is 1. The number of carbonyl (C=O) groups excluding carboxylic acids is 3. The SMILES string of the molecule is CC(=O)Nc1ccc(N/C=C(/C#N)C(=O)NC(=O)Cc2ccccc2)cc1. The van der Waals surface area contributed by atoms with Gasteiger partial charge in [0.25, 0.3) is 5.91 Å². The molecule has 0 radical (unpaired) electrons. The summed E-state index contributed by atoms with van der Waals surface area (Å²) < 4.78 is 0. The zero-order valence-electron chi connectivity index (χ0n) is 14.7. The number of hydrogen-bond acceptors (Lipinski definition) is 5. The van der Waals surface area contributed by atoms with Gasteiger partial charge < -0.3 is 10.6 Å². The molecule has 0 bridgehead atoms. The van der Waals surface area contributed by atoms with Crippen LogP contribution < -0.4 is 16.0 Å². The van der Waals surface area contributed by atoms with Gasteiger partial charge in [-0.15, -0.1) is 0 Å². The van der Waals surface area contributed by atoms with Crippen LogP contribution in [-0.2, 0) is 20.8 Å². The summed E-state index contributed by atoms with van der Waals surface area (Å²) >= 11 is 0. The fourth-order valence-corrected chi connectivity index (χ4v) is 2.18. The predicted molar refractivity (Wildman–Crippen MR) is 101 cm³/mol. The quantitative estimate of drug-likeness (QED) is 0.539. The molecule has 3 amide bonds. The van der Waals surface area contributed by atoms with Gasteiger partial charge in [-0.3, -0.25) is 19.7 Å². The Morgan fingerprint density at radius 1 is 1.00 bits per heavy atom. The molecule has 2 rings (SSSR count). The summed E-state index contributed by atoms with van der Waals surface area (Å²) in [4.78, 5) is 35.0. The Labute approximate surface area is 156 Å². The lowest BCUT2D eigenvalue weighted by Gasteiger charge is -2.06. The molecule has 0 atom stereocenters. The van der Waals surface area contributed by atoms with Crippen molar-refractivity contribution in [1.29, 1.82) is 5.26 Å². The third-order valence-corrected chi connectivity index (χ3v) is 3.41. The van der Waals surface area contributed by atoms with Crippen molar-refractivity contribution in [2.45, 2.75) is 13.3 Å². The number of anilines is 2. The Kier molecular flexibility index (Phi) is 6.85. The van der Waals surface area contributed by atoms with E-state index in [0.29, 0.717) is 11.4 Å². The van der Waals surface area contributed by atoms with E-state index in [-0.39, 0.29) is 17.9 Å². The van der Waals surface area contributed by atoms with E-state index < -0.39 is 11.8 Å². The summed E-state index contributed by atoms with van der Waals surface area (Å²) in [6.07, 6.45) is 1.27. The molecule has 0 saturated heterocycles. The zero-order valence-corrected chi connectivity index (χ0v) is 14.7. The summed E-state index contributed by atoms with van der Waals surface area (Å²) in [6.45, 7) is 1.41. The smallest absolute Gasteiger partial charge is 0.270 e. The molecule has 27 heavy (non-hydrogen) atoms. The van der Waals surface area contributed by atoms with Crippen molar-refractivity contribution in [3.63, 3.8) is 0 Å². The van der Waals surface area contributed by atoms with Gasteiger partial charge in [0.1, 0.15) is 11.6 Å². The van der Waals surface area contributed by atoms with Gasteiger partial charge in [-0.25, -0.2) is 0 Å². The van der Waals surface area contributed by atoms with Crippen molar-refractivity contribution < 1.29 is 14.4 Å². The molecule has 7 nitrogen and oxygen atoms in total. The van der Waals surface area contributed by atoms with E-state index in [1.165, 1.54) is 13.1 Å². The first-order valence-corrected chi connectivity index (χ1v) is 8.10. The minimum Gasteiger partial charge on any atom is -0.360 e. The molecule has 7 heteroatoms. The van der Waals surface area contributed by atoms with Crippen LogP contribution in [0.4, 0.5) is 11.4 Å². The zero-order chi connectivity index (χ0) is 19.6. The Hall–Kier alpha value is -3.92. The molecule has 0 aliphatic carbocycles. The Balaban J connectivity index is 1.94. The highest BCUT2D eigenvalue weighted by Gasteiger charge is 2.13. The minimum absolute atomic E-state index is 0.0450. The van der Waals surface area contributed by atoms with Crippen LogP contribution in [0.15, 0.2) is 66.4 Å². The first-order chi connectivity index (χ1) is 13.0. The molecule has 0 aromatic heterocycles. The molecule has 0 fully saturated rings. The predicted octanol–water partition coefficient (Wildman–Crippen LogP) is 2.35. The number of amides is 3. The van der Waals surface area contributed by atoms with Crippen LogP contribution in [0.2, 0.25) is 0 Å². The monoisotopic (exact) mass is 362 g/mol. The van der Waals surface area contributed by atoms with Gasteiger partial charge in [-0.1, -0.05) is 30.3 Å². The van der Waals surface area contributed by atoms with Gasteiger partial charge in [-0.2, -0.15) is 5.26 Å². The fourth-order valence-electron chi connectivity index (χ4n) is 2.18. The molecule has 2 aromatic carbocycles. The minimum atomic E-state index is -0.777. The van der Waals surface area contributed by atoms with Crippen LogP contribution in [-0.4, -0.2) is 17.7 Å². The van der Waals surface area contributed by atoms with E-state index in [9.17, 15) is 14.4 Å². The van der Waals surface area contributed by atoms with Crippen LogP contribution in [0.1, 0.15) is 12.5 Å². The molecule has 0 aliphatic rings. The number of benzene rings is 2. The number of nitrogens with zero attached hydrogens (tertiary/aromatic N) is 1. The Morgan fingerprint density at radius 2 is 1.63 bits per heavy atom. The van der Waals surface area contributed by atoms with Crippen molar-refractivity contribution in [3.8, 4) is 6.07 Å². The van der Waals surface area contributed by atoms with Gasteiger partial charge in [0, 0.05) is 24.5 Å². The molecule has 0 aliphatic heterocycles. The average Bonchev–Trinajstić information content (AvgIpc) is 2.64. The standard InChI is InChI=1S/C20H18N4O3/c1-14(25)23-18-9-7-17(8-10-18)22-13-16(12-21)20(27)24-19(26)11-15-5-3-2-4-6-15/h2-10,13,22H,11H2,1H3,(H,23,25)(H,24,26,27)/b16-13-. The van der Waals surface area contributed by atoms with E-state index in [0.717, 1.165) is 5.56 Å². The molecule has 0 unspecified atom stereocenters. The van der Waals surface area contributed by atoms with Gasteiger partial charge in [0.2, 0.25) is 11.8 Å². The van der Waals surface area contributed by atoms with Crippen molar-refractivity contribution in [1.82, 2.24) is 5.32 Å². The van der Waals surface area contributed by atoms with Crippen molar-refractivity contribution >= 4 is 29.1 Å². The summed E-state index contributed by atoms with van der Waals surface area (Å²) in [6, 6.07) is 17.4. The van der Waals surface area contributed by atoms with Gasteiger partial charge in [0.15, 0.2) is 0 Å². The molecular weight excluding hydrogens is 344 g/mol. The lowest BCUT2D eigenvalue weighted by atomic mass is 10.1. The number of nitriles is 1. The van der Waals surface area contributed by atoms with Gasteiger partial charge in [-0.05, 0) is 29.8 Å². The third kappa shape index (κ3) is 6.48. The molecule has 0 spiro atoms. The van der Waals surface area contributed by atoms with E-state index in [1.807, 2.05) is 6.07 Å². The number of rotatable bonds is 6. The highest BCUT2D eigenvalue weighted by Crippen LogP contribution is 2.13. The van der Waals surface area contributed by atoms with Crippen LogP contribution in [0.25, 0.3) is 0 Å². The average molecular weight is 362 g/mol. The fraction of sp³-hybridized carbons (Fsp3) is 0.100. The number of nitrogens with one attached hydrogen (secondary N) is 3. The molecule has 2 aromatic rings. The third-order valence-electron chi connectivity index (χ3n) is 3.41. The molecule has 0 saturated carbocycles. The van der Waals surface area contributed by atoms with Crippen LogP contribution in [0.3, 0.4) is 0 Å². The molecule has 3 N–H and O–H groups in total. The maximum Gasteiger partial charge on any atom is 0.270 e. The summed E-state index contributed by atoms with van der Waals surface area (Å²) in [5, 5.41) is 16.8. The highest BCUT2D eigenvalue weighted by atomic mass is 16.2. The summed E-state index contributed by atoms with van der Waals surface area (Å²) in [5.41, 5.74) is 1.77. The second-order valence-electron chi connectivity index (χ2n) is 5.61. The van der Waals surface area contributed by atoms with E-state index in [1.54, 1.807) is 54.6 Å². The van der Waals surface area contributed by atoms with Crippen LogP contribution >= 0.6 is 0 Å². The number of hydrogen-bond donors (Lipinski definition) is 3. The first kappa shape index (κ1) is 19.4. The second kappa shape index (κ2) is 9.53. The van der Waals surface area contributed by atoms with Gasteiger partial charge >= 0.3 is 0 Å². The molecule has 0 heterocycles. The van der Waals surface area contributed by atoms with Crippen molar-refractivity contribution in [2.24, 2.45) is 0 Å². The maximum absolute atomic E-state index is 12.1. The van der Waals surface area contributed by atoms with Crippen molar-refractivity contribution in [3.05, 3.63) is 71.9 Å². The van der Waals surface area contributed by atoms with Gasteiger partial charge in [0.05, 0.1) is 6.42 Å². The van der Waals surface area contributed by atoms with E-state index in [2.05, 4.69) is 16.0 Å². The van der Waals surface area contributed by atoms with Crippen molar-refractivity contribution in [2.75, 3.05) is 10.6 Å². The normalized spacial score (nSPS) is 10.4. The summed E-state index contributed by atoms with van der Waals surface area (Å²) in [7, 11) is 0. The number of carbonyl (C=O) groups is 3. The molecule has 136 valence electrons. The lowest BCUT2D eigenvalue weighted by Crippen LogP contribution is -2.32. The van der Waals surface area contributed by atoms with E-state index >= 15 is 0 Å². The second-order valence-corrected chi connectivity index (χ2v) is 5.61. The van der Waals surface area contributed by atoms with Crippen LogP contribution in [0.5, 0.6) is 0 Å². The summed E-state index contributed by atoms with van der Waals surface area (Å²) in [5.74, 6) is -1.45. The maximum atomic E-state index is 12.1. The Morgan fingerprint density at radius 3 is 2.22 bits per heavy atom. The lowest BCUT2D eigenvalue weighted by molar-refractivity contribution is -0.127. The Bertz CT molecular complexity index is 897. The topological polar surface area (TPSA) is 111 Å². The largest absolute Gasteiger partial charge is 0.360 e. The van der Waals surface area contributed by atoms with E-state index in [4.69, 9.17) is 5.26 Å². The van der Waals surface area contributed by atoms with Crippen LogP contribution in [0, 0.1) is 11.3 Å².